The van der Waals surface area contributed by atoms with E-state index in [2.05, 4.69) is 35.1 Å². The summed E-state index contributed by atoms with van der Waals surface area (Å²) in [5.74, 6) is -0.278. The molecule has 1 aromatic rings. The van der Waals surface area contributed by atoms with Crippen LogP contribution in [0, 0.1) is 0 Å². The summed E-state index contributed by atoms with van der Waals surface area (Å²) in [4.78, 5) is 12.0. The summed E-state index contributed by atoms with van der Waals surface area (Å²) in [6.45, 7) is 5.30. The van der Waals surface area contributed by atoms with Crippen molar-refractivity contribution in [3.8, 4) is 0 Å². The van der Waals surface area contributed by atoms with Gasteiger partial charge in [-0.05, 0) is 37.1 Å². The highest BCUT2D eigenvalue weighted by Gasteiger charge is 2.19. The minimum atomic E-state index is -0.278. The van der Waals surface area contributed by atoms with Gasteiger partial charge in [0.25, 0.3) is 0 Å². The summed E-state index contributed by atoms with van der Waals surface area (Å²) in [5, 5.41) is 3.55. The fourth-order valence-electron chi connectivity index (χ4n) is 2.23. The third-order valence-electron chi connectivity index (χ3n) is 3.29. The zero-order valence-electron chi connectivity index (χ0n) is 12.5. The summed E-state index contributed by atoms with van der Waals surface area (Å²) < 4.78 is 5.79. The van der Waals surface area contributed by atoms with E-state index in [4.69, 9.17) is 4.74 Å². The molecule has 0 amide bonds. The van der Waals surface area contributed by atoms with E-state index in [9.17, 15) is 4.79 Å². The molecule has 1 rings (SSSR count). The highest BCUT2D eigenvalue weighted by molar-refractivity contribution is 9.10. The van der Waals surface area contributed by atoms with Crippen LogP contribution in [0.4, 0.5) is 0 Å². The van der Waals surface area contributed by atoms with E-state index in [0.717, 1.165) is 42.3 Å². The highest BCUT2D eigenvalue weighted by atomic mass is 79.9. The molecule has 0 heterocycles. The maximum atomic E-state index is 12.0. The molecule has 1 N–H and O–H groups in total. The molecule has 0 aliphatic heterocycles. The van der Waals surface area contributed by atoms with Gasteiger partial charge >= 0.3 is 5.97 Å². The molecule has 0 radical (unpaired) electrons. The van der Waals surface area contributed by atoms with E-state index in [0.29, 0.717) is 5.56 Å². The highest BCUT2D eigenvalue weighted by Crippen LogP contribution is 2.26. The van der Waals surface area contributed by atoms with E-state index in [1.54, 1.807) is 0 Å². The van der Waals surface area contributed by atoms with Gasteiger partial charge in [0.15, 0.2) is 0 Å². The van der Waals surface area contributed by atoms with E-state index >= 15 is 0 Å². The quantitative estimate of drug-likeness (QED) is 0.560. The first-order chi connectivity index (χ1) is 9.63. The maximum Gasteiger partial charge on any atom is 0.338 e. The van der Waals surface area contributed by atoms with Gasteiger partial charge in [-0.25, -0.2) is 4.79 Å². The Bertz CT molecular complexity index is 434. The number of nitrogens with one attached hydrogen (secondary N) is 1. The number of halogens is 1. The summed E-state index contributed by atoms with van der Waals surface area (Å²) in [5.41, 5.74) is 1.67. The Morgan fingerprint density at radius 2 is 2.10 bits per heavy atom. The molecule has 0 aliphatic rings. The second-order valence-electron chi connectivity index (χ2n) is 4.87. The first-order valence-electron chi connectivity index (χ1n) is 7.25. The SMILES string of the molecule is CCCCNC(CCC)c1ccc(Br)cc1C(=O)OC. The normalized spacial score (nSPS) is 12.2. The lowest BCUT2D eigenvalue weighted by Crippen LogP contribution is -2.24. The molecule has 20 heavy (non-hydrogen) atoms. The predicted octanol–water partition coefficient (Wildman–Crippen LogP) is 4.47. The molecule has 1 unspecified atom stereocenters. The predicted molar refractivity (Wildman–Crippen MR) is 86.0 cm³/mol. The van der Waals surface area contributed by atoms with Crippen molar-refractivity contribution in [1.29, 1.82) is 0 Å². The van der Waals surface area contributed by atoms with Crippen molar-refractivity contribution in [2.45, 2.75) is 45.6 Å². The molecule has 0 bridgehead atoms. The molecule has 0 aromatic heterocycles. The molecule has 0 saturated carbocycles. The molecule has 3 nitrogen and oxygen atoms in total. The number of carbonyl (C=O) groups excluding carboxylic acids is 1. The molecule has 0 fully saturated rings. The number of esters is 1. The van der Waals surface area contributed by atoms with E-state index in [-0.39, 0.29) is 12.0 Å². The van der Waals surface area contributed by atoms with Crippen LogP contribution in [-0.2, 0) is 4.74 Å². The number of hydrogen-bond donors (Lipinski definition) is 1. The number of carbonyl (C=O) groups is 1. The van der Waals surface area contributed by atoms with Crippen LogP contribution in [0.2, 0.25) is 0 Å². The van der Waals surface area contributed by atoms with Crippen molar-refractivity contribution in [3.63, 3.8) is 0 Å². The summed E-state index contributed by atoms with van der Waals surface area (Å²) in [6, 6.07) is 6.03. The molecule has 4 heteroatoms. The Kier molecular flexibility index (Phi) is 7.85. The second-order valence-corrected chi connectivity index (χ2v) is 5.79. The lowest BCUT2D eigenvalue weighted by atomic mass is 9.96. The van der Waals surface area contributed by atoms with Crippen molar-refractivity contribution in [2.24, 2.45) is 0 Å². The molecule has 0 aliphatic carbocycles. The second kappa shape index (κ2) is 9.14. The minimum absolute atomic E-state index is 0.203. The standard InChI is InChI=1S/C16H24BrNO2/c1-4-6-10-18-15(7-5-2)13-9-8-12(17)11-14(13)16(19)20-3/h8-9,11,15,18H,4-7,10H2,1-3H3. The van der Waals surface area contributed by atoms with Gasteiger partial charge in [-0.2, -0.15) is 0 Å². The number of hydrogen-bond acceptors (Lipinski definition) is 3. The molecule has 1 atom stereocenters. The smallest absolute Gasteiger partial charge is 0.338 e. The number of rotatable bonds is 8. The fourth-order valence-corrected chi connectivity index (χ4v) is 2.59. The van der Waals surface area contributed by atoms with Crippen LogP contribution in [0.5, 0.6) is 0 Å². The van der Waals surface area contributed by atoms with E-state index < -0.39 is 0 Å². The average molecular weight is 342 g/mol. The van der Waals surface area contributed by atoms with Gasteiger partial charge < -0.3 is 10.1 Å². The number of unbranched alkanes of at least 4 members (excludes halogenated alkanes) is 1. The van der Waals surface area contributed by atoms with Gasteiger partial charge in [-0.15, -0.1) is 0 Å². The van der Waals surface area contributed by atoms with Crippen molar-refractivity contribution in [1.82, 2.24) is 5.32 Å². The Morgan fingerprint density at radius 3 is 2.70 bits per heavy atom. The van der Waals surface area contributed by atoms with Crippen LogP contribution >= 0.6 is 15.9 Å². The summed E-state index contributed by atoms with van der Waals surface area (Å²) >= 11 is 3.42. The molecular formula is C16H24BrNO2. The Labute approximate surface area is 130 Å². The lowest BCUT2D eigenvalue weighted by molar-refractivity contribution is 0.0598. The number of ether oxygens (including phenoxy) is 1. The number of benzene rings is 1. The van der Waals surface area contributed by atoms with E-state index in [1.165, 1.54) is 7.11 Å². The monoisotopic (exact) mass is 341 g/mol. The van der Waals surface area contributed by atoms with Crippen molar-refractivity contribution >= 4 is 21.9 Å². The summed E-state index contributed by atoms with van der Waals surface area (Å²) in [6.07, 6.45) is 4.39. The molecule has 112 valence electrons. The van der Waals surface area contributed by atoms with Gasteiger partial charge in [-0.3, -0.25) is 0 Å². The Balaban J connectivity index is 3.01. The van der Waals surface area contributed by atoms with Crippen LogP contribution in [-0.4, -0.2) is 19.6 Å². The fraction of sp³-hybridized carbons (Fsp3) is 0.562. The molecule has 0 spiro atoms. The topological polar surface area (TPSA) is 38.3 Å². The Morgan fingerprint density at radius 1 is 1.35 bits per heavy atom. The Hall–Kier alpha value is -0.870. The van der Waals surface area contributed by atoms with Crippen LogP contribution in [0.1, 0.15) is 61.5 Å². The van der Waals surface area contributed by atoms with Gasteiger partial charge in [0.05, 0.1) is 12.7 Å². The average Bonchev–Trinajstić information content (AvgIpc) is 2.46. The number of methoxy groups -OCH3 is 1. The van der Waals surface area contributed by atoms with Crippen molar-refractivity contribution in [3.05, 3.63) is 33.8 Å². The zero-order valence-corrected chi connectivity index (χ0v) is 14.1. The third-order valence-corrected chi connectivity index (χ3v) is 3.79. The van der Waals surface area contributed by atoms with Gasteiger partial charge in [0, 0.05) is 10.5 Å². The van der Waals surface area contributed by atoms with Crippen LogP contribution in [0.15, 0.2) is 22.7 Å². The van der Waals surface area contributed by atoms with Gasteiger partial charge in [0.2, 0.25) is 0 Å². The molecule has 0 saturated heterocycles. The first-order valence-corrected chi connectivity index (χ1v) is 8.04. The van der Waals surface area contributed by atoms with Crippen LogP contribution < -0.4 is 5.32 Å². The van der Waals surface area contributed by atoms with E-state index in [1.807, 2.05) is 18.2 Å². The van der Waals surface area contributed by atoms with Gasteiger partial charge in [0.1, 0.15) is 0 Å². The maximum absolute atomic E-state index is 12.0. The molecule has 1 aromatic carbocycles. The summed E-state index contributed by atoms with van der Waals surface area (Å²) in [7, 11) is 1.42. The minimum Gasteiger partial charge on any atom is -0.465 e. The van der Waals surface area contributed by atoms with Gasteiger partial charge in [-0.1, -0.05) is 48.7 Å². The van der Waals surface area contributed by atoms with Crippen molar-refractivity contribution < 1.29 is 9.53 Å². The largest absolute Gasteiger partial charge is 0.465 e. The molecular weight excluding hydrogens is 318 g/mol. The third kappa shape index (κ3) is 4.91. The van der Waals surface area contributed by atoms with Crippen LogP contribution in [0.25, 0.3) is 0 Å². The van der Waals surface area contributed by atoms with Crippen molar-refractivity contribution in [2.75, 3.05) is 13.7 Å². The van der Waals surface area contributed by atoms with Crippen LogP contribution in [0.3, 0.4) is 0 Å². The first kappa shape index (κ1) is 17.2. The zero-order chi connectivity index (χ0) is 15.0. The lowest BCUT2D eigenvalue weighted by Gasteiger charge is -2.21.